The number of halogens is 1. The molecule has 0 unspecified atom stereocenters. The summed E-state index contributed by atoms with van der Waals surface area (Å²) < 4.78 is 4.73. The quantitative estimate of drug-likeness (QED) is 0.721. The fourth-order valence-electron chi connectivity index (χ4n) is 4.02. The molecule has 7 nitrogen and oxygen atoms in total. The summed E-state index contributed by atoms with van der Waals surface area (Å²) in [4.78, 5) is 32.3. The number of aromatic nitrogens is 1. The molecule has 2 aromatic rings. The summed E-state index contributed by atoms with van der Waals surface area (Å²) in [5.74, 6) is 0.664. The van der Waals surface area contributed by atoms with Crippen molar-refractivity contribution >= 4 is 29.4 Å². The molecule has 1 aromatic heterocycles. The maximum atomic E-state index is 12.8. The lowest BCUT2D eigenvalue weighted by Gasteiger charge is -2.33. The zero-order valence-corrected chi connectivity index (χ0v) is 18.5. The first-order chi connectivity index (χ1) is 15.0. The van der Waals surface area contributed by atoms with E-state index in [1.54, 1.807) is 17.0 Å². The van der Waals surface area contributed by atoms with Crippen molar-refractivity contribution in [3.05, 3.63) is 59.2 Å². The smallest absolute Gasteiger partial charge is 0.338 e. The zero-order chi connectivity index (χ0) is 22.2. The van der Waals surface area contributed by atoms with Gasteiger partial charge in [0.25, 0.3) is 0 Å². The fraction of sp³-hybridized carbons (Fsp3) is 0.435. The monoisotopic (exact) mass is 444 g/mol. The fourth-order valence-corrected chi connectivity index (χ4v) is 4.17. The van der Waals surface area contributed by atoms with Gasteiger partial charge in [-0.05, 0) is 62.4 Å². The number of methoxy groups -OCH3 is 1. The van der Waals surface area contributed by atoms with E-state index >= 15 is 0 Å². The summed E-state index contributed by atoms with van der Waals surface area (Å²) in [7, 11) is 1.34. The summed E-state index contributed by atoms with van der Waals surface area (Å²) in [6.07, 6.45) is 5.72. The minimum Gasteiger partial charge on any atom is -0.465 e. The van der Waals surface area contributed by atoms with E-state index in [0.717, 1.165) is 37.3 Å². The Balaban J connectivity index is 0.000000330. The third-order valence-electron chi connectivity index (χ3n) is 5.81. The predicted octanol–water partition coefficient (Wildman–Crippen LogP) is 3.97. The van der Waals surface area contributed by atoms with Crippen LogP contribution in [0.1, 0.15) is 36.0 Å². The normalized spacial score (nSPS) is 20.8. The zero-order valence-electron chi connectivity index (χ0n) is 17.7. The lowest BCUT2D eigenvalue weighted by molar-refractivity contribution is 0.0600. The number of anilines is 1. The van der Waals surface area contributed by atoms with Crippen LogP contribution in [0.4, 0.5) is 10.6 Å². The van der Waals surface area contributed by atoms with Crippen LogP contribution in [0.3, 0.4) is 0 Å². The molecular weight excluding hydrogens is 416 g/mol. The highest BCUT2D eigenvalue weighted by Crippen LogP contribution is 2.30. The Labute approximate surface area is 188 Å². The highest BCUT2D eigenvalue weighted by atomic mass is 35.5. The van der Waals surface area contributed by atoms with Crippen LogP contribution in [0.5, 0.6) is 0 Å². The van der Waals surface area contributed by atoms with Crippen LogP contribution in [-0.4, -0.2) is 54.7 Å². The predicted molar refractivity (Wildman–Crippen MR) is 121 cm³/mol. The first-order valence-electron chi connectivity index (χ1n) is 10.6. The number of nitrogens with zero attached hydrogens (tertiary/aromatic N) is 3. The number of hydrogen-bond donors (Lipinski definition) is 1. The summed E-state index contributed by atoms with van der Waals surface area (Å²) in [6.45, 7) is 2.02. The molecular formula is C23H29ClN4O3. The molecule has 8 heteroatoms. The van der Waals surface area contributed by atoms with Gasteiger partial charge in [-0.1, -0.05) is 29.8 Å². The van der Waals surface area contributed by atoms with E-state index in [-0.39, 0.29) is 12.1 Å². The van der Waals surface area contributed by atoms with Gasteiger partial charge in [0.2, 0.25) is 0 Å². The third-order valence-corrected chi connectivity index (χ3v) is 6.06. The van der Waals surface area contributed by atoms with Crippen LogP contribution in [-0.2, 0) is 4.74 Å². The average molecular weight is 445 g/mol. The number of nitrogens with two attached hydrogens (primary N) is 1. The molecule has 0 radical (unpaired) electrons. The largest absolute Gasteiger partial charge is 0.465 e. The molecule has 0 bridgehead atoms. The highest BCUT2D eigenvalue weighted by molar-refractivity contribution is 6.30. The lowest BCUT2D eigenvalue weighted by atomic mass is 9.85. The number of rotatable bonds is 4. The summed E-state index contributed by atoms with van der Waals surface area (Å²) in [5, 5.41) is 0.794. The highest BCUT2D eigenvalue weighted by Gasteiger charge is 2.36. The molecule has 0 spiro atoms. The number of carbonyl (C=O) groups is 2. The van der Waals surface area contributed by atoms with Crippen LogP contribution in [0.2, 0.25) is 5.02 Å². The lowest BCUT2D eigenvalue weighted by Crippen LogP contribution is -2.42. The number of benzene rings is 1. The number of hydrogen-bond acceptors (Lipinski definition) is 5. The molecule has 2 amide bonds. The van der Waals surface area contributed by atoms with E-state index in [0.29, 0.717) is 30.4 Å². The molecule has 0 atom stereocenters. The Hall–Kier alpha value is -2.64. The maximum Gasteiger partial charge on any atom is 0.338 e. The van der Waals surface area contributed by atoms with Crippen molar-refractivity contribution in [1.29, 1.82) is 0 Å². The maximum absolute atomic E-state index is 12.8. The van der Waals surface area contributed by atoms with Crippen LogP contribution < -0.4 is 10.6 Å². The van der Waals surface area contributed by atoms with Gasteiger partial charge in [0.05, 0.1) is 12.7 Å². The molecule has 4 rings (SSSR count). The van der Waals surface area contributed by atoms with Gasteiger partial charge in [-0.2, -0.15) is 0 Å². The van der Waals surface area contributed by atoms with E-state index in [1.165, 1.54) is 13.3 Å². The molecule has 1 saturated heterocycles. The number of ether oxygens (including phenoxy) is 1. The van der Waals surface area contributed by atoms with Crippen molar-refractivity contribution in [3.63, 3.8) is 0 Å². The van der Waals surface area contributed by atoms with Crippen LogP contribution in [0.25, 0.3) is 0 Å². The summed E-state index contributed by atoms with van der Waals surface area (Å²) >= 11 is 5.54. The molecule has 31 heavy (non-hydrogen) atoms. The second-order valence-corrected chi connectivity index (χ2v) is 8.16. The Kier molecular flexibility index (Phi) is 8.26. The van der Waals surface area contributed by atoms with E-state index in [2.05, 4.69) is 4.98 Å². The van der Waals surface area contributed by atoms with Crippen molar-refractivity contribution in [2.45, 2.75) is 31.7 Å². The molecule has 2 fully saturated rings. The summed E-state index contributed by atoms with van der Waals surface area (Å²) in [6, 6.07) is 12.9. The second-order valence-electron chi connectivity index (χ2n) is 7.73. The number of urea groups is 1. The van der Waals surface area contributed by atoms with E-state index < -0.39 is 5.97 Å². The molecule has 2 N–H and O–H groups in total. The number of carbonyl (C=O) groups excluding carboxylic acids is 2. The minimum atomic E-state index is -0.428. The van der Waals surface area contributed by atoms with Gasteiger partial charge in [-0.15, -0.1) is 0 Å². The van der Waals surface area contributed by atoms with Gasteiger partial charge in [0.1, 0.15) is 5.82 Å². The van der Waals surface area contributed by atoms with Crippen molar-refractivity contribution in [1.82, 2.24) is 9.88 Å². The van der Waals surface area contributed by atoms with Gasteiger partial charge >= 0.3 is 12.0 Å². The molecule has 1 aliphatic carbocycles. The second kappa shape index (κ2) is 11.1. The van der Waals surface area contributed by atoms with Crippen molar-refractivity contribution in [2.24, 2.45) is 11.7 Å². The SMILES string of the molecule is COC(=O)c1ccnc(N2CCN(C3CCC(CN)CC3)C2=O)c1.Clc1ccccc1. The number of pyridine rings is 1. The Morgan fingerprint density at radius 1 is 1.16 bits per heavy atom. The molecule has 166 valence electrons. The number of amides is 2. The van der Waals surface area contributed by atoms with Gasteiger partial charge in [-0.3, -0.25) is 4.90 Å². The van der Waals surface area contributed by atoms with Crippen molar-refractivity contribution in [2.75, 3.05) is 31.6 Å². The number of esters is 1. The summed E-state index contributed by atoms with van der Waals surface area (Å²) in [5.41, 5.74) is 6.14. The molecule has 2 heterocycles. The molecule has 1 saturated carbocycles. The van der Waals surface area contributed by atoms with Crippen molar-refractivity contribution in [3.8, 4) is 0 Å². The van der Waals surface area contributed by atoms with E-state index in [4.69, 9.17) is 22.1 Å². The van der Waals surface area contributed by atoms with Gasteiger partial charge in [-0.25, -0.2) is 14.6 Å². The van der Waals surface area contributed by atoms with Gasteiger partial charge in [0.15, 0.2) is 0 Å². The van der Waals surface area contributed by atoms with E-state index in [1.807, 2.05) is 35.2 Å². The molecule has 1 aliphatic heterocycles. The average Bonchev–Trinajstić information content (AvgIpc) is 3.21. The minimum absolute atomic E-state index is 0.0271. The molecule has 1 aromatic carbocycles. The Bertz CT molecular complexity index is 872. The van der Waals surface area contributed by atoms with Crippen LogP contribution in [0.15, 0.2) is 48.7 Å². The van der Waals surface area contributed by atoms with E-state index in [9.17, 15) is 9.59 Å². The molecule has 2 aliphatic rings. The van der Waals surface area contributed by atoms with Crippen LogP contribution >= 0.6 is 11.6 Å². The van der Waals surface area contributed by atoms with Crippen molar-refractivity contribution < 1.29 is 14.3 Å². The Morgan fingerprint density at radius 2 is 1.87 bits per heavy atom. The van der Waals surface area contributed by atoms with Crippen LogP contribution in [0, 0.1) is 5.92 Å². The first kappa shape index (κ1) is 23.0. The standard InChI is InChI=1S/C17H24N4O3.C6H5Cl/c1-24-16(22)13-6-7-19-15(10-13)21-9-8-20(17(21)23)14-4-2-12(11-18)3-5-14;7-6-4-2-1-3-5-6/h6-7,10,12,14H,2-5,8-9,11,18H2,1H3;1-5H. The van der Waals surface area contributed by atoms with Gasteiger partial charge < -0.3 is 15.4 Å². The van der Waals surface area contributed by atoms with Gasteiger partial charge in [0, 0.05) is 30.4 Å². The topological polar surface area (TPSA) is 88.8 Å². The Morgan fingerprint density at radius 3 is 2.45 bits per heavy atom. The third kappa shape index (κ3) is 5.95. The first-order valence-corrected chi connectivity index (χ1v) is 10.9.